The van der Waals surface area contributed by atoms with E-state index in [4.69, 9.17) is 16.3 Å². The molecule has 0 amide bonds. The van der Waals surface area contributed by atoms with E-state index >= 15 is 0 Å². The van der Waals surface area contributed by atoms with Crippen LogP contribution in [-0.4, -0.2) is 12.6 Å². The predicted octanol–water partition coefficient (Wildman–Crippen LogP) is 8.81. The molecule has 0 fully saturated rings. The molecule has 0 saturated carbocycles. The SMILES string of the molecule is C/C(=C/COC(=O)Cc1ccc(Cl)cc1)CCCC(C)CCCC(C)CCCC(C)C. The van der Waals surface area contributed by atoms with Gasteiger partial charge >= 0.3 is 5.97 Å². The van der Waals surface area contributed by atoms with E-state index in [1.807, 2.05) is 18.2 Å². The fourth-order valence-corrected chi connectivity index (χ4v) is 4.03. The third-order valence-electron chi connectivity index (χ3n) is 6.08. The van der Waals surface area contributed by atoms with Crippen LogP contribution in [0.25, 0.3) is 0 Å². The van der Waals surface area contributed by atoms with Crippen LogP contribution < -0.4 is 0 Å². The Hall–Kier alpha value is -1.28. The van der Waals surface area contributed by atoms with E-state index in [-0.39, 0.29) is 12.4 Å². The van der Waals surface area contributed by atoms with Crippen LogP contribution in [0.3, 0.4) is 0 Å². The molecular formula is C28H45ClO2. The lowest BCUT2D eigenvalue weighted by molar-refractivity contribution is -0.141. The number of hydrogen-bond acceptors (Lipinski definition) is 2. The first-order valence-electron chi connectivity index (χ1n) is 12.3. The van der Waals surface area contributed by atoms with Crippen molar-refractivity contribution in [3.8, 4) is 0 Å². The van der Waals surface area contributed by atoms with Crippen LogP contribution in [0.1, 0.15) is 98.0 Å². The van der Waals surface area contributed by atoms with Gasteiger partial charge in [0.15, 0.2) is 0 Å². The minimum absolute atomic E-state index is 0.196. The van der Waals surface area contributed by atoms with Gasteiger partial charge in [0.2, 0.25) is 0 Å². The van der Waals surface area contributed by atoms with Crippen LogP contribution in [0.2, 0.25) is 5.02 Å². The maximum Gasteiger partial charge on any atom is 0.310 e. The molecule has 0 aromatic heterocycles. The first-order valence-corrected chi connectivity index (χ1v) is 12.7. The van der Waals surface area contributed by atoms with Crippen molar-refractivity contribution < 1.29 is 9.53 Å². The number of esters is 1. The Labute approximate surface area is 196 Å². The van der Waals surface area contributed by atoms with Gasteiger partial charge in [-0.1, -0.05) is 102 Å². The molecular weight excluding hydrogens is 404 g/mol. The monoisotopic (exact) mass is 448 g/mol. The average molecular weight is 449 g/mol. The van der Waals surface area contributed by atoms with Gasteiger partial charge in [0.1, 0.15) is 6.61 Å². The number of allylic oxidation sites excluding steroid dienone is 1. The van der Waals surface area contributed by atoms with Gasteiger partial charge in [-0.15, -0.1) is 0 Å². The van der Waals surface area contributed by atoms with Gasteiger partial charge in [-0.25, -0.2) is 0 Å². The van der Waals surface area contributed by atoms with Gasteiger partial charge in [0, 0.05) is 5.02 Å². The molecule has 0 bridgehead atoms. The summed E-state index contributed by atoms with van der Waals surface area (Å²) >= 11 is 5.87. The number of carbonyl (C=O) groups is 1. The molecule has 0 spiro atoms. The van der Waals surface area contributed by atoms with Gasteiger partial charge in [0.05, 0.1) is 6.42 Å². The molecule has 0 aliphatic heterocycles. The standard InChI is InChI=1S/C28H45ClO2/c1-22(2)9-6-10-23(3)11-7-12-24(4)13-8-14-25(5)19-20-31-28(30)21-26-15-17-27(29)18-16-26/h15-19,22-24H,6-14,20-21H2,1-5H3/b25-19-. The van der Waals surface area contributed by atoms with Crippen LogP contribution in [0, 0.1) is 17.8 Å². The summed E-state index contributed by atoms with van der Waals surface area (Å²) in [6, 6.07) is 7.31. The smallest absolute Gasteiger partial charge is 0.310 e. The minimum atomic E-state index is -0.196. The number of halogens is 1. The van der Waals surface area contributed by atoms with Crippen molar-refractivity contribution in [3.63, 3.8) is 0 Å². The maximum absolute atomic E-state index is 11.9. The summed E-state index contributed by atoms with van der Waals surface area (Å²) < 4.78 is 5.34. The summed E-state index contributed by atoms with van der Waals surface area (Å²) in [5, 5.41) is 0.677. The highest BCUT2D eigenvalue weighted by Crippen LogP contribution is 2.22. The highest BCUT2D eigenvalue weighted by atomic mass is 35.5. The molecule has 0 N–H and O–H groups in total. The van der Waals surface area contributed by atoms with E-state index in [1.165, 1.54) is 56.9 Å². The maximum atomic E-state index is 11.9. The van der Waals surface area contributed by atoms with Gasteiger partial charge in [-0.05, 0) is 61.3 Å². The Kier molecular flexibility index (Phi) is 14.7. The molecule has 0 aliphatic carbocycles. The predicted molar refractivity (Wildman–Crippen MR) is 135 cm³/mol. The van der Waals surface area contributed by atoms with Gasteiger partial charge < -0.3 is 4.74 Å². The fraction of sp³-hybridized carbons (Fsp3) is 0.679. The number of carbonyl (C=O) groups excluding carboxylic acids is 1. The highest BCUT2D eigenvalue weighted by molar-refractivity contribution is 6.30. The van der Waals surface area contributed by atoms with Crippen molar-refractivity contribution in [1.29, 1.82) is 0 Å². The molecule has 1 aromatic rings. The minimum Gasteiger partial charge on any atom is -0.461 e. The van der Waals surface area contributed by atoms with E-state index < -0.39 is 0 Å². The Bertz CT molecular complexity index is 633. The fourth-order valence-electron chi connectivity index (χ4n) is 3.91. The average Bonchev–Trinajstić information content (AvgIpc) is 2.69. The second-order valence-corrected chi connectivity index (χ2v) is 10.3. The highest BCUT2D eigenvalue weighted by Gasteiger charge is 2.07. The summed E-state index contributed by atoms with van der Waals surface area (Å²) in [6.45, 7) is 11.9. The van der Waals surface area contributed by atoms with Crippen molar-refractivity contribution in [1.82, 2.24) is 0 Å². The van der Waals surface area contributed by atoms with E-state index in [9.17, 15) is 4.79 Å². The van der Waals surface area contributed by atoms with Crippen molar-refractivity contribution >= 4 is 17.6 Å². The molecule has 1 rings (SSSR count). The van der Waals surface area contributed by atoms with E-state index in [0.29, 0.717) is 11.6 Å². The molecule has 0 saturated heterocycles. The number of benzene rings is 1. The third kappa shape index (κ3) is 15.2. The van der Waals surface area contributed by atoms with Crippen LogP contribution in [0.15, 0.2) is 35.9 Å². The summed E-state index contributed by atoms with van der Waals surface area (Å²) in [5.74, 6) is 2.32. The molecule has 176 valence electrons. The van der Waals surface area contributed by atoms with Crippen molar-refractivity contribution in [2.24, 2.45) is 17.8 Å². The number of hydrogen-bond donors (Lipinski definition) is 0. The molecule has 2 atom stereocenters. The van der Waals surface area contributed by atoms with Crippen LogP contribution in [-0.2, 0) is 16.0 Å². The molecule has 1 aromatic carbocycles. The zero-order chi connectivity index (χ0) is 23.1. The largest absolute Gasteiger partial charge is 0.461 e. The summed E-state index contributed by atoms with van der Waals surface area (Å²) in [5.41, 5.74) is 2.24. The molecule has 2 unspecified atom stereocenters. The zero-order valence-corrected chi connectivity index (χ0v) is 21.3. The lowest BCUT2D eigenvalue weighted by Crippen LogP contribution is -2.08. The topological polar surface area (TPSA) is 26.3 Å². The molecule has 0 aliphatic rings. The van der Waals surface area contributed by atoms with E-state index in [0.717, 1.165) is 29.7 Å². The summed E-state index contributed by atoms with van der Waals surface area (Å²) in [7, 11) is 0. The second-order valence-electron chi connectivity index (χ2n) is 9.89. The van der Waals surface area contributed by atoms with Crippen molar-refractivity contribution in [2.45, 2.75) is 98.8 Å². The molecule has 31 heavy (non-hydrogen) atoms. The van der Waals surface area contributed by atoms with Crippen molar-refractivity contribution in [3.05, 3.63) is 46.5 Å². The quantitative estimate of drug-likeness (QED) is 0.186. The summed E-state index contributed by atoms with van der Waals surface area (Å²) in [4.78, 5) is 11.9. The first-order chi connectivity index (χ1) is 14.8. The Morgan fingerprint density at radius 3 is 2.03 bits per heavy atom. The Balaban J connectivity index is 2.08. The Morgan fingerprint density at radius 1 is 0.903 bits per heavy atom. The van der Waals surface area contributed by atoms with Crippen LogP contribution in [0.5, 0.6) is 0 Å². The van der Waals surface area contributed by atoms with Gasteiger partial charge in [-0.2, -0.15) is 0 Å². The van der Waals surface area contributed by atoms with Crippen LogP contribution in [0.4, 0.5) is 0 Å². The number of ether oxygens (including phenoxy) is 1. The normalized spacial score (nSPS) is 14.0. The third-order valence-corrected chi connectivity index (χ3v) is 6.33. The molecule has 3 heteroatoms. The van der Waals surface area contributed by atoms with Crippen molar-refractivity contribution in [2.75, 3.05) is 6.61 Å². The Morgan fingerprint density at radius 2 is 1.45 bits per heavy atom. The van der Waals surface area contributed by atoms with Crippen LogP contribution >= 0.6 is 11.6 Å². The first kappa shape index (κ1) is 27.8. The zero-order valence-electron chi connectivity index (χ0n) is 20.6. The van der Waals surface area contributed by atoms with Gasteiger partial charge in [0.25, 0.3) is 0 Å². The summed E-state index contributed by atoms with van der Waals surface area (Å²) in [6.07, 6.45) is 14.2. The number of rotatable bonds is 16. The molecule has 0 heterocycles. The lowest BCUT2D eigenvalue weighted by Gasteiger charge is -2.15. The van der Waals surface area contributed by atoms with E-state index in [1.54, 1.807) is 12.1 Å². The van der Waals surface area contributed by atoms with E-state index in [2.05, 4.69) is 34.6 Å². The molecule has 2 nitrogen and oxygen atoms in total. The molecule has 0 radical (unpaired) electrons. The second kappa shape index (κ2) is 16.4. The lowest BCUT2D eigenvalue weighted by atomic mass is 9.91. The van der Waals surface area contributed by atoms with Gasteiger partial charge in [-0.3, -0.25) is 4.79 Å².